The molecule has 2 rings (SSSR count). The molecule has 6 heteroatoms. The van der Waals surface area contributed by atoms with Crippen LogP contribution in [0.4, 0.5) is 17.1 Å². The van der Waals surface area contributed by atoms with Gasteiger partial charge in [0, 0.05) is 31.0 Å². The highest BCUT2D eigenvalue weighted by molar-refractivity contribution is 5.95. The fourth-order valence-electron chi connectivity index (χ4n) is 1.94. The van der Waals surface area contributed by atoms with Crippen molar-refractivity contribution in [3.8, 4) is 0 Å². The number of nitrogens with one attached hydrogen (secondary N) is 3. The number of rotatable bonds is 6. The second-order valence-corrected chi connectivity index (χ2v) is 4.85. The van der Waals surface area contributed by atoms with Crippen molar-refractivity contribution in [3.05, 3.63) is 60.9 Å². The van der Waals surface area contributed by atoms with Crippen LogP contribution in [0.1, 0.15) is 17.3 Å². The Labute approximate surface area is 134 Å². The summed E-state index contributed by atoms with van der Waals surface area (Å²) in [5.41, 5.74) is 2.60. The Hall–Kier alpha value is -3.15. The summed E-state index contributed by atoms with van der Waals surface area (Å²) >= 11 is 0. The molecule has 0 atom stereocenters. The summed E-state index contributed by atoms with van der Waals surface area (Å²) in [5, 5.41) is 8.57. The molecule has 2 aromatic rings. The standard InChI is InChI=1S/C17H18N4O2/c1-3-7-19-17(23)13-8-16(11-18-10-13)21-15-6-4-5-14(9-15)20-12(2)22/h3-6,8-11,21H,1,7H2,2H3,(H,19,23)(H,20,22). The molecule has 1 heterocycles. The van der Waals surface area contributed by atoms with Crippen molar-refractivity contribution in [2.75, 3.05) is 17.2 Å². The van der Waals surface area contributed by atoms with Gasteiger partial charge in [0.25, 0.3) is 5.91 Å². The number of pyridine rings is 1. The maximum Gasteiger partial charge on any atom is 0.253 e. The molecule has 2 amide bonds. The minimum absolute atomic E-state index is 0.135. The van der Waals surface area contributed by atoms with Gasteiger partial charge in [0.1, 0.15) is 0 Å². The smallest absolute Gasteiger partial charge is 0.253 e. The van der Waals surface area contributed by atoms with E-state index in [0.717, 1.165) is 5.69 Å². The van der Waals surface area contributed by atoms with Gasteiger partial charge in [0.05, 0.1) is 17.4 Å². The van der Waals surface area contributed by atoms with E-state index in [0.29, 0.717) is 23.5 Å². The first kappa shape index (κ1) is 16.2. The lowest BCUT2D eigenvalue weighted by atomic mass is 10.2. The van der Waals surface area contributed by atoms with E-state index in [1.54, 1.807) is 30.5 Å². The Morgan fingerprint density at radius 2 is 1.96 bits per heavy atom. The molecule has 3 N–H and O–H groups in total. The van der Waals surface area contributed by atoms with Crippen LogP contribution < -0.4 is 16.0 Å². The van der Waals surface area contributed by atoms with Crippen LogP contribution in [0.25, 0.3) is 0 Å². The molecule has 1 aromatic carbocycles. The van der Waals surface area contributed by atoms with Crippen LogP contribution in [0.15, 0.2) is 55.4 Å². The topological polar surface area (TPSA) is 83.1 Å². The minimum atomic E-state index is -0.215. The first-order chi connectivity index (χ1) is 11.1. The summed E-state index contributed by atoms with van der Waals surface area (Å²) < 4.78 is 0. The number of aromatic nitrogens is 1. The molecule has 1 aromatic heterocycles. The van der Waals surface area contributed by atoms with Gasteiger partial charge in [0.15, 0.2) is 0 Å². The molecular weight excluding hydrogens is 292 g/mol. The largest absolute Gasteiger partial charge is 0.354 e. The Bertz CT molecular complexity index is 728. The lowest BCUT2D eigenvalue weighted by Crippen LogP contribution is -2.23. The summed E-state index contributed by atoms with van der Waals surface area (Å²) in [6.45, 7) is 5.41. The molecular formula is C17H18N4O2. The number of hydrogen-bond donors (Lipinski definition) is 3. The first-order valence-electron chi connectivity index (χ1n) is 7.07. The fourth-order valence-corrected chi connectivity index (χ4v) is 1.94. The van der Waals surface area contributed by atoms with Crippen molar-refractivity contribution in [2.45, 2.75) is 6.92 Å². The molecule has 0 aliphatic heterocycles. The highest BCUT2D eigenvalue weighted by Crippen LogP contribution is 2.20. The van der Waals surface area contributed by atoms with Crippen molar-refractivity contribution in [2.24, 2.45) is 0 Å². The van der Waals surface area contributed by atoms with E-state index in [1.807, 2.05) is 12.1 Å². The van der Waals surface area contributed by atoms with Gasteiger partial charge in [-0.3, -0.25) is 14.6 Å². The fraction of sp³-hybridized carbons (Fsp3) is 0.118. The third-order valence-electron chi connectivity index (χ3n) is 2.88. The number of hydrogen-bond acceptors (Lipinski definition) is 4. The van der Waals surface area contributed by atoms with E-state index in [9.17, 15) is 9.59 Å². The molecule has 0 aliphatic carbocycles. The molecule has 0 saturated heterocycles. The third-order valence-corrected chi connectivity index (χ3v) is 2.88. The maximum absolute atomic E-state index is 11.9. The highest BCUT2D eigenvalue weighted by atomic mass is 16.2. The van der Waals surface area contributed by atoms with Crippen LogP contribution in [0.3, 0.4) is 0 Å². The number of amides is 2. The second kappa shape index (κ2) is 7.74. The molecule has 0 unspecified atom stereocenters. The number of nitrogens with zero attached hydrogens (tertiary/aromatic N) is 1. The molecule has 6 nitrogen and oxygen atoms in total. The molecule has 118 valence electrons. The van der Waals surface area contributed by atoms with Crippen LogP contribution >= 0.6 is 0 Å². The van der Waals surface area contributed by atoms with Gasteiger partial charge < -0.3 is 16.0 Å². The van der Waals surface area contributed by atoms with Gasteiger partial charge in [-0.1, -0.05) is 12.1 Å². The zero-order valence-corrected chi connectivity index (χ0v) is 12.8. The average molecular weight is 310 g/mol. The Kier molecular flexibility index (Phi) is 5.46. The molecule has 0 saturated carbocycles. The SMILES string of the molecule is C=CCNC(=O)c1cncc(Nc2cccc(NC(C)=O)c2)c1. The minimum Gasteiger partial charge on any atom is -0.354 e. The van der Waals surface area contributed by atoms with E-state index in [4.69, 9.17) is 0 Å². The number of carbonyl (C=O) groups is 2. The van der Waals surface area contributed by atoms with Crippen LogP contribution in [0.2, 0.25) is 0 Å². The molecule has 0 spiro atoms. The molecule has 0 bridgehead atoms. The molecule has 0 fully saturated rings. The van der Waals surface area contributed by atoms with Crippen LogP contribution in [-0.2, 0) is 4.79 Å². The first-order valence-corrected chi connectivity index (χ1v) is 7.07. The number of anilines is 3. The summed E-state index contributed by atoms with van der Waals surface area (Å²) in [7, 11) is 0. The van der Waals surface area contributed by atoms with E-state index in [2.05, 4.69) is 27.5 Å². The predicted molar refractivity (Wildman–Crippen MR) is 90.8 cm³/mol. The van der Waals surface area contributed by atoms with Crippen LogP contribution in [0.5, 0.6) is 0 Å². The van der Waals surface area contributed by atoms with Gasteiger partial charge in [-0.2, -0.15) is 0 Å². The molecule has 0 radical (unpaired) electrons. The van der Waals surface area contributed by atoms with Crippen LogP contribution in [0, 0.1) is 0 Å². The van der Waals surface area contributed by atoms with Gasteiger partial charge in [-0.15, -0.1) is 6.58 Å². The molecule has 0 aliphatic rings. The number of carbonyl (C=O) groups excluding carboxylic acids is 2. The van der Waals surface area contributed by atoms with E-state index in [1.165, 1.54) is 13.1 Å². The van der Waals surface area contributed by atoms with Crippen molar-refractivity contribution in [1.82, 2.24) is 10.3 Å². The summed E-state index contributed by atoms with van der Waals surface area (Å²) in [6, 6.07) is 8.98. The van der Waals surface area contributed by atoms with Gasteiger partial charge in [0.2, 0.25) is 5.91 Å². The predicted octanol–water partition coefficient (Wildman–Crippen LogP) is 2.70. The summed E-state index contributed by atoms with van der Waals surface area (Å²) in [4.78, 5) is 27.1. The van der Waals surface area contributed by atoms with Crippen molar-refractivity contribution in [3.63, 3.8) is 0 Å². The Morgan fingerprint density at radius 1 is 1.17 bits per heavy atom. The van der Waals surface area contributed by atoms with E-state index >= 15 is 0 Å². The second-order valence-electron chi connectivity index (χ2n) is 4.85. The summed E-state index contributed by atoms with van der Waals surface area (Å²) in [5.74, 6) is -0.349. The third kappa shape index (κ3) is 4.96. The van der Waals surface area contributed by atoms with Crippen molar-refractivity contribution < 1.29 is 9.59 Å². The van der Waals surface area contributed by atoms with Gasteiger partial charge in [-0.25, -0.2) is 0 Å². The maximum atomic E-state index is 11.9. The quantitative estimate of drug-likeness (QED) is 0.716. The number of benzene rings is 1. The van der Waals surface area contributed by atoms with E-state index < -0.39 is 0 Å². The van der Waals surface area contributed by atoms with Crippen molar-refractivity contribution in [1.29, 1.82) is 0 Å². The highest BCUT2D eigenvalue weighted by Gasteiger charge is 2.06. The average Bonchev–Trinajstić information content (AvgIpc) is 2.52. The zero-order chi connectivity index (χ0) is 16.7. The zero-order valence-electron chi connectivity index (χ0n) is 12.8. The van der Waals surface area contributed by atoms with Crippen molar-refractivity contribution >= 4 is 28.9 Å². The van der Waals surface area contributed by atoms with Gasteiger partial charge >= 0.3 is 0 Å². The van der Waals surface area contributed by atoms with Gasteiger partial charge in [-0.05, 0) is 24.3 Å². The van der Waals surface area contributed by atoms with Crippen LogP contribution in [-0.4, -0.2) is 23.3 Å². The normalized spacial score (nSPS) is 9.78. The Morgan fingerprint density at radius 3 is 2.70 bits per heavy atom. The molecule has 23 heavy (non-hydrogen) atoms. The Balaban J connectivity index is 2.12. The summed E-state index contributed by atoms with van der Waals surface area (Å²) in [6.07, 6.45) is 4.73. The lowest BCUT2D eigenvalue weighted by molar-refractivity contribution is -0.114. The lowest BCUT2D eigenvalue weighted by Gasteiger charge is -2.10. The monoisotopic (exact) mass is 310 g/mol. The van der Waals surface area contributed by atoms with E-state index in [-0.39, 0.29) is 11.8 Å².